The van der Waals surface area contributed by atoms with Gasteiger partial charge < -0.3 is 4.98 Å². The van der Waals surface area contributed by atoms with Crippen LogP contribution in [0.4, 0.5) is 0 Å². The van der Waals surface area contributed by atoms with Crippen LogP contribution in [0.2, 0.25) is 0 Å². The fourth-order valence-corrected chi connectivity index (χ4v) is 5.90. The molecule has 0 aliphatic carbocycles. The van der Waals surface area contributed by atoms with E-state index in [1.165, 1.54) is 45.7 Å². The lowest BCUT2D eigenvalue weighted by Gasteiger charge is -2.08. The average molecular weight is 480 g/mol. The maximum Gasteiger partial charge on any atom is 0.263 e. The van der Waals surface area contributed by atoms with Gasteiger partial charge in [0.05, 0.1) is 16.8 Å². The van der Waals surface area contributed by atoms with Crippen molar-refractivity contribution in [3.05, 3.63) is 67.6 Å². The van der Waals surface area contributed by atoms with Crippen LogP contribution in [0.15, 0.2) is 33.5 Å². The Hall–Kier alpha value is -2.97. The van der Waals surface area contributed by atoms with Crippen molar-refractivity contribution in [2.75, 3.05) is 5.75 Å². The van der Waals surface area contributed by atoms with Crippen molar-refractivity contribution in [3.8, 4) is 11.1 Å². The molecule has 0 bridgehead atoms. The van der Waals surface area contributed by atoms with Crippen LogP contribution in [-0.2, 0) is 7.05 Å². The number of hydrogen-bond acceptors (Lipinski definition) is 6. The highest BCUT2D eigenvalue weighted by Crippen LogP contribution is 2.33. The molecule has 1 N–H and O–H groups in total. The number of carbonyl (C=O) groups is 2. The molecule has 33 heavy (non-hydrogen) atoms. The number of aryl methyl sites for hydroxylation is 3. The predicted molar refractivity (Wildman–Crippen MR) is 135 cm³/mol. The number of aromatic amines is 1. The maximum absolute atomic E-state index is 13.2. The number of nitrogens with zero attached hydrogens (tertiary/aromatic N) is 2. The Kier molecular flexibility index (Phi) is 6.16. The third-order valence-corrected chi connectivity index (χ3v) is 7.90. The molecule has 0 spiro atoms. The Morgan fingerprint density at radius 2 is 1.88 bits per heavy atom. The van der Waals surface area contributed by atoms with Crippen LogP contribution in [0.1, 0.15) is 50.2 Å². The van der Waals surface area contributed by atoms with E-state index >= 15 is 0 Å². The number of ketones is 2. The van der Waals surface area contributed by atoms with E-state index in [4.69, 9.17) is 0 Å². The van der Waals surface area contributed by atoms with E-state index < -0.39 is 0 Å². The summed E-state index contributed by atoms with van der Waals surface area (Å²) in [5.41, 5.74) is 6.48. The first-order valence-corrected chi connectivity index (χ1v) is 12.4. The number of nitrogens with one attached hydrogen (secondary N) is 1. The number of aromatic nitrogens is 3. The summed E-state index contributed by atoms with van der Waals surface area (Å²) < 4.78 is 1.51. The number of H-pyrrole nitrogens is 1. The van der Waals surface area contributed by atoms with Crippen LogP contribution < -0.4 is 5.56 Å². The Balaban J connectivity index is 1.65. The minimum absolute atomic E-state index is 0.0697. The van der Waals surface area contributed by atoms with Crippen LogP contribution in [-0.4, -0.2) is 31.9 Å². The second kappa shape index (κ2) is 8.76. The zero-order chi connectivity index (χ0) is 24.0. The standard InChI is InChI=1S/C25H25N3O3S2/c1-12-7-8-17(9-13(12)2)18-10-32-23-21(18)24(31)28(6)25(27-23)33-11-19(30)22-14(3)20(16(5)29)15(4)26-22/h7-10,26H,11H2,1-6H3. The van der Waals surface area contributed by atoms with Gasteiger partial charge in [0.25, 0.3) is 5.56 Å². The first-order chi connectivity index (χ1) is 15.6. The van der Waals surface area contributed by atoms with Gasteiger partial charge in [0, 0.05) is 29.2 Å². The third kappa shape index (κ3) is 4.09. The van der Waals surface area contributed by atoms with E-state index in [0.717, 1.165) is 11.1 Å². The second-order valence-electron chi connectivity index (χ2n) is 8.28. The van der Waals surface area contributed by atoms with Crippen LogP contribution in [0.5, 0.6) is 0 Å². The van der Waals surface area contributed by atoms with Gasteiger partial charge in [-0.1, -0.05) is 30.0 Å². The smallest absolute Gasteiger partial charge is 0.263 e. The van der Waals surface area contributed by atoms with E-state index in [1.54, 1.807) is 20.9 Å². The summed E-state index contributed by atoms with van der Waals surface area (Å²) >= 11 is 2.66. The molecular weight excluding hydrogens is 454 g/mol. The zero-order valence-corrected chi connectivity index (χ0v) is 21.1. The lowest BCUT2D eigenvalue weighted by Crippen LogP contribution is -2.20. The number of carbonyl (C=O) groups excluding carboxylic acids is 2. The molecule has 3 heterocycles. The molecule has 4 aromatic rings. The van der Waals surface area contributed by atoms with E-state index in [2.05, 4.69) is 35.9 Å². The fraction of sp³-hybridized carbons (Fsp3) is 0.280. The first kappa shape index (κ1) is 23.2. The van der Waals surface area contributed by atoms with Crippen molar-refractivity contribution >= 4 is 44.9 Å². The average Bonchev–Trinajstić information content (AvgIpc) is 3.31. The van der Waals surface area contributed by atoms with Gasteiger partial charge >= 0.3 is 0 Å². The maximum atomic E-state index is 13.2. The van der Waals surface area contributed by atoms with Crippen LogP contribution in [0.25, 0.3) is 21.3 Å². The van der Waals surface area contributed by atoms with Crippen LogP contribution in [0, 0.1) is 27.7 Å². The molecular formula is C25H25N3O3S2. The van der Waals surface area contributed by atoms with Gasteiger partial charge in [-0.05, 0) is 56.9 Å². The van der Waals surface area contributed by atoms with Gasteiger partial charge in [0.2, 0.25) is 0 Å². The van der Waals surface area contributed by atoms with E-state index in [9.17, 15) is 14.4 Å². The minimum Gasteiger partial charge on any atom is -0.355 e. The molecule has 6 nitrogen and oxygen atoms in total. The van der Waals surface area contributed by atoms with Gasteiger partial charge in [-0.15, -0.1) is 11.3 Å². The van der Waals surface area contributed by atoms with Gasteiger partial charge in [0.15, 0.2) is 16.7 Å². The lowest BCUT2D eigenvalue weighted by molar-refractivity contribution is 0.101. The predicted octanol–water partition coefficient (Wildman–Crippen LogP) is 5.40. The highest BCUT2D eigenvalue weighted by atomic mass is 32.2. The summed E-state index contributed by atoms with van der Waals surface area (Å²) in [6.45, 7) is 9.18. The highest BCUT2D eigenvalue weighted by molar-refractivity contribution is 7.99. The molecule has 0 atom stereocenters. The molecule has 0 aliphatic heterocycles. The van der Waals surface area contributed by atoms with Gasteiger partial charge in [-0.2, -0.15) is 0 Å². The first-order valence-electron chi connectivity index (χ1n) is 10.5. The number of Topliss-reactive ketones (excluding diaryl/α,β-unsaturated/α-hetero) is 2. The molecule has 8 heteroatoms. The summed E-state index contributed by atoms with van der Waals surface area (Å²) in [6, 6.07) is 6.18. The molecule has 0 fully saturated rings. The lowest BCUT2D eigenvalue weighted by atomic mass is 10.0. The molecule has 1 aromatic carbocycles. The van der Waals surface area contributed by atoms with E-state index in [0.29, 0.717) is 37.9 Å². The number of thioether (sulfide) groups is 1. The summed E-state index contributed by atoms with van der Waals surface area (Å²) in [4.78, 5) is 46.4. The molecule has 3 aromatic heterocycles. The monoisotopic (exact) mass is 479 g/mol. The largest absolute Gasteiger partial charge is 0.355 e. The summed E-state index contributed by atoms with van der Waals surface area (Å²) in [5.74, 6) is -0.0940. The van der Waals surface area contributed by atoms with Crippen LogP contribution in [0.3, 0.4) is 0 Å². The zero-order valence-electron chi connectivity index (χ0n) is 19.5. The minimum atomic E-state index is -0.135. The van der Waals surface area contributed by atoms with E-state index in [-0.39, 0.29) is 22.9 Å². The van der Waals surface area contributed by atoms with Crippen molar-refractivity contribution in [2.45, 2.75) is 39.8 Å². The summed E-state index contributed by atoms with van der Waals surface area (Å²) in [5, 5.41) is 3.06. The molecule has 0 radical (unpaired) electrons. The Morgan fingerprint density at radius 1 is 1.15 bits per heavy atom. The molecule has 0 amide bonds. The number of fused-ring (bicyclic) bond motifs is 1. The van der Waals surface area contributed by atoms with Gasteiger partial charge in [0.1, 0.15) is 4.83 Å². The van der Waals surface area contributed by atoms with Crippen molar-refractivity contribution in [1.82, 2.24) is 14.5 Å². The highest BCUT2D eigenvalue weighted by Gasteiger charge is 2.21. The summed E-state index contributed by atoms with van der Waals surface area (Å²) in [6.07, 6.45) is 0. The van der Waals surface area contributed by atoms with E-state index in [1.807, 2.05) is 11.4 Å². The third-order valence-electron chi connectivity index (χ3n) is 5.99. The van der Waals surface area contributed by atoms with Gasteiger partial charge in [-0.3, -0.25) is 19.0 Å². The number of hydrogen-bond donors (Lipinski definition) is 1. The molecule has 0 saturated heterocycles. The number of benzene rings is 1. The Labute approximate surface area is 200 Å². The second-order valence-corrected chi connectivity index (χ2v) is 10.1. The Bertz CT molecular complexity index is 1490. The molecule has 170 valence electrons. The molecule has 0 unspecified atom stereocenters. The molecule has 4 rings (SSSR count). The molecule has 0 aliphatic rings. The normalized spacial score (nSPS) is 11.3. The number of thiophene rings is 1. The van der Waals surface area contributed by atoms with Crippen molar-refractivity contribution < 1.29 is 9.59 Å². The van der Waals surface area contributed by atoms with Crippen molar-refractivity contribution in [3.63, 3.8) is 0 Å². The topological polar surface area (TPSA) is 84.8 Å². The molecule has 0 saturated carbocycles. The number of rotatable bonds is 6. The van der Waals surface area contributed by atoms with Gasteiger partial charge in [-0.25, -0.2) is 4.98 Å². The fourth-order valence-electron chi connectivity index (χ4n) is 4.06. The Morgan fingerprint density at radius 3 is 2.52 bits per heavy atom. The quantitative estimate of drug-likeness (QED) is 0.227. The summed E-state index contributed by atoms with van der Waals surface area (Å²) in [7, 11) is 1.68. The van der Waals surface area contributed by atoms with Crippen molar-refractivity contribution in [1.29, 1.82) is 0 Å². The van der Waals surface area contributed by atoms with Crippen LogP contribution >= 0.6 is 23.1 Å². The SMILES string of the molecule is CC(=O)c1c(C)[nH]c(C(=O)CSc2nc3scc(-c4ccc(C)c(C)c4)c3c(=O)n2C)c1C. The van der Waals surface area contributed by atoms with Crippen molar-refractivity contribution in [2.24, 2.45) is 7.05 Å².